The van der Waals surface area contributed by atoms with E-state index in [0.717, 1.165) is 0 Å². The van der Waals surface area contributed by atoms with Crippen LogP contribution in [0.15, 0.2) is 0 Å². The average Bonchev–Trinajstić information content (AvgIpc) is 1.00. The highest BCUT2D eigenvalue weighted by Crippen LogP contribution is 0.626. The molecule has 0 aromatic rings. The van der Waals surface area contributed by atoms with Gasteiger partial charge in [-0.05, 0) is 0 Å². The maximum absolute atomic E-state index is 6.25. The molecule has 0 bridgehead atoms. The van der Waals surface area contributed by atoms with E-state index in [0.29, 0.717) is 0 Å². The first-order valence-corrected chi connectivity index (χ1v) is 0.224. The third kappa shape index (κ3) is 484. The van der Waals surface area contributed by atoms with Crippen LogP contribution in [-0.2, 0) is 0 Å². The van der Waals surface area contributed by atoms with Gasteiger partial charge in [0, 0.05) is 0 Å². The third-order valence-corrected chi connectivity index (χ3v) is 0. The molecule has 26 valence electrons. The Labute approximate surface area is 37.4 Å². The summed E-state index contributed by atoms with van der Waals surface area (Å²) in [5, 5.41) is 6.25. The van der Waals surface area contributed by atoms with Crippen molar-refractivity contribution in [1.29, 1.82) is 5.26 Å². The molecule has 0 fully saturated rings. The highest BCUT2D eigenvalue weighted by atomic mass is 35.5. The molecular weight excluding hydrogens is 96.9 g/mol. The SMILES string of the molecule is [C-]#N.[Cl-].[Cl-]. The summed E-state index contributed by atoms with van der Waals surface area (Å²) < 4.78 is 0. The number of hydrogen-bond acceptors (Lipinski definition) is 1. The minimum Gasteiger partial charge on any atom is -1.00 e. The largest absolute Gasteiger partial charge is 1.00 e. The Morgan fingerprint density at radius 3 is 1.00 bits per heavy atom. The smallest absolute Gasteiger partial charge is 0.488 e. The van der Waals surface area contributed by atoms with E-state index in [1.54, 1.807) is 0 Å². The van der Waals surface area contributed by atoms with E-state index in [2.05, 4.69) is 0 Å². The molecule has 3 heteroatoms. The fraction of sp³-hybridized carbons (Fsp3) is 0. The normalized spacial score (nSPS) is 0.500. The zero-order chi connectivity index (χ0) is 2.00. The summed E-state index contributed by atoms with van der Waals surface area (Å²) in [7, 11) is 0. The fourth-order valence-electron chi connectivity index (χ4n) is 0. The second kappa shape index (κ2) is 2680. The summed E-state index contributed by atoms with van der Waals surface area (Å²) in [6.45, 7) is 4.75. The summed E-state index contributed by atoms with van der Waals surface area (Å²) in [6, 6.07) is 0. The minimum absolute atomic E-state index is 0. The van der Waals surface area contributed by atoms with Gasteiger partial charge in [0.15, 0.2) is 0 Å². The molecule has 4 heavy (non-hydrogen) atoms. The first-order valence-electron chi connectivity index (χ1n) is 0.224. The van der Waals surface area contributed by atoms with Gasteiger partial charge in [0.25, 0.3) is 0 Å². The van der Waals surface area contributed by atoms with Crippen molar-refractivity contribution >= 4 is 0 Å². The molecule has 0 aromatic heterocycles. The third-order valence-electron chi connectivity index (χ3n) is 0. The van der Waals surface area contributed by atoms with Crippen molar-refractivity contribution in [1.82, 2.24) is 0 Å². The van der Waals surface area contributed by atoms with Crippen molar-refractivity contribution in [2.75, 3.05) is 0 Å². The van der Waals surface area contributed by atoms with Gasteiger partial charge in [0.05, 0.1) is 0 Å². The van der Waals surface area contributed by atoms with E-state index in [1.807, 2.05) is 0 Å². The van der Waals surface area contributed by atoms with Gasteiger partial charge in [0.1, 0.15) is 0 Å². The number of rotatable bonds is 0. The van der Waals surface area contributed by atoms with E-state index >= 15 is 0 Å². The van der Waals surface area contributed by atoms with Crippen molar-refractivity contribution < 1.29 is 24.8 Å². The Morgan fingerprint density at radius 2 is 1.00 bits per heavy atom. The molecule has 0 aliphatic heterocycles. The molecule has 0 N–H and O–H groups in total. The number of nitrogens with zero attached hydrogens (tertiary/aromatic N) is 1. The van der Waals surface area contributed by atoms with Gasteiger partial charge < -0.3 is 36.6 Å². The second-order valence-electron chi connectivity index (χ2n) is 0. The van der Waals surface area contributed by atoms with Crippen LogP contribution >= 0.6 is 0 Å². The molecule has 0 aliphatic carbocycles. The molecule has 0 spiro atoms. The van der Waals surface area contributed by atoms with Crippen molar-refractivity contribution in [3.8, 4) is 0 Å². The lowest BCUT2D eigenvalue weighted by molar-refractivity contribution is -0.00100. The van der Waals surface area contributed by atoms with Gasteiger partial charge in [0.2, 0.25) is 0 Å². The maximum atomic E-state index is 6.25. The molecule has 0 amide bonds. The van der Waals surface area contributed by atoms with Gasteiger partial charge in [-0.1, -0.05) is 0 Å². The predicted octanol–water partition coefficient (Wildman–Crippen LogP) is -5.90. The molecule has 0 heterocycles. The molecule has 1 nitrogen and oxygen atoms in total. The van der Waals surface area contributed by atoms with Crippen LogP contribution in [0.25, 0.3) is 0 Å². The topological polar surface area (TPSA) is 23.8 Å². The van der Waals surface area contributed by atoms with E-state index < -0.39 is 0 Å². The van der Waals surface area contributed by atoms with Gasteiger partial charge in [-0.2, -0.15) is 0 Å². The highest BCUT2D eigenvalue weighted by Gasteiger charge is 0.0775. The van der Waals surface area contributed by atoms with E-state index in [4.69, 9.17) is 11.8 Å². The van der Waals surface area contributed by atoms with Crippen LogP contribution in [0.4, 0.5) is 0 Å². The lowest BCUT2D eigenvalue weighted by atomic mass is 11.9. The molecule has 0 aromatic carbocycles. The zero-order valence-electron chi connectivity index (χ0n) is 1.70. The average molecular weight is 96.9 g/mol. The van der Waals surface area contributed by atoms with Crippen molar-refractivity contribution in [2.24, 2.45) is 0 Å². The van der Waals surface area contributed by atoms with Gasteiger partial charge in [-0.3, -0.25) is 0 Å². The Hall–Kier alpha value is 0.0700. The van der Waals surface area contributed by atoms with Crippen LogP contribution in [0.5, 0.6) is 0 Å². The molecule has 0 saturated heterocycles. The molecule has 0 saturated carbocycles. The summed E-state index contributed by atoms with van der Waals surface area (Å²) >= 11 is 0. The summed E-state index contributed by atoms with van der Waals surface area (Å²) in [4.78, 5) is 0. The lowest BCUT2D eigenvalue weighted by Gasteiger charge is -1.08. The van der Waals surface area contributed by atoms with Crippen LogP contribution in [0.3, 0.4) is 0 Å². The van der Waals surface area contributed by atoms with Crippen LogP contribution in [0, 0.1) is 11.8 Å². The van der Waals surface area contributed by atoms with Gasteiger partial charge in [-0.15, -0.1) is 0 Å². The lowest BCUT2D eigenvalue weighted by Crippen LogP contribution is -3.00. The van der Waals surface area contributed by atoms with Crippen LogP contribution in [-0.4, -0.2) is 0 Å². The molecule has 0 radical (unpaired) electrons. The Morgan fingerprint density at radius 1 is 1.00 bits per heavy atom. The summed E-state index contributed by atoms with van der Waals surface area (Å²) in [5.74, 6) is 0. The van der Waals surface area contributed by atoms with Crippen LogP contribution in [0.2, 0.25) is 0 Å². The minimum atomic E-state index is 0. The van der Waals surface area contributed by atoms with Crippen LogP contribution < -0.4 is 24.8 Å². The second-order valence-corrected chi connectivity index (χ2v) is 0. The molecule has 0 atom stereocenters. The van der Waals surface area contributed by atoms with Crippen molar-refractivity contribution in [3.05, 3.63) is 6.57 Å². The zero-order valence-corrected chi connectivity index (χ0v) is 3.22. The standard InChI is InChI=1S/CN.2ClH/c1-2;;/h;2*1H/q-1;;/p-2. The number of hydrogen-bond donors (Lipinski definition) is 0. The Balaban J connectivity index is -0.00000000500. The first-order chi connectivity index (χ1) is 1.00. The van der Waals surface area contributed by atoms with E-state index in [9.17, 15) is 0 Å². The summed E-state index contributed by atoms with van der Waals surface area (Å²) in [5.41, 5.74) is 0. The quantitative estimate of drug-likeness (QED) is 0.276. The van der Waals surface area contributed by atoms with Crippen molar-refractivity contribution in [2.45, 2.75) is 0 Å². The maximum Gasteiger partial charge on any atom is -0.488 e. The van der Waals surface area contributed by atoms with E-state index in [1.165, 1.54) is 0 Å². The molecule has 0 unspecified atom stereocenters. The number of halogens is 2. The Bertz CT molecular complexity index is 10.8. The Kier molecular flexibility index (Phi) is 22500. The van der Waals surface area contributed by atoms with Crippen molar-refractivity contribution in [3.63, 3.8) is 0 Å². The molecule has 0 rings (SSSR count). The van der Waals surface area contributed by atoms with Crippen LogP contribution in [0.1, 0.15) is 0 Å². The first kappa shape index (κ1) is 33.5. The molecule has 0 aliphatic rings. The summed E-state index contributed by atoms with van der Waals surface area (Å²) in [6.07, 6.45) is 0. The highest BCUT2D eigenvalue weighted by molar-refractivity contribution is 3.44. The monoisotopic (exact) mass is 95.9 g/mol. The van der Waals surface area contributed by atoms with Gasteiger partial charge >= 0.3 is 0 Å². The fourth-order valence-corrected chi connectivity index (χ4v) is 0. The molecular formula is CCl2N-3. The van der Waals surface area contributed by atoms with E-state index in [-0.39, 0.29) is 24.8 Å². The predicted molar refractivity (Wildman–Crippen MR) is 4.97 cm³/mol. The van der Waals surface area contributed by atoms with Gasteiger partial charge in [-0.25, -0.2) is 0 Å².